The zero-order valence-corrected chi connectivity index (χ0v) is 8.83. The second-order valence-corrected chi connectivity index (χ2v) is 4.65. The molecule has 1 atom stereocenters. The van der Waals surface area contributed by atoms with E-state index in [0.717, 1.165) is 0 Å². The fraction of sp³-hybridized carbons (Fsp3) is 0.875. The maximum Gasteiger partial charge on any atom is 0.171 e. The smallest absolute Gasteiger partial charge is 0.171 e. The van der Waals surface area contributed by atoms with Crippen LogP contribution in [0.25, 0.3) is 0 Å². The van der Waals surface area contributed by atoms with Crippen molar-refractivity contribution >= 4 is 17.3 Å². The summed E-state index contributed by atoms with van der Waals surface area (Å²) in [5, 5.41) is 13.7. The zero-order valence-electron chi connectivity index (χ0n) is 8.01. The van der Waals surface area contributed by atoms with E-state index in [2.05, 4.69) is 5.32 Å². The molecule has 0 aromatic rings. The van der Waals surface area contributed by atoms with Gasteiger partial charge in [0.1, 0.15) is 5.72 Å². The summed E-state index contributed by atoms with van der Waals surface area (Å²) >= 11 is 5.08. The van der Waals surface area contributed by atoms with E-state index in [-0.39, 0.29) is 5.54 Å². The minimum absolute atomic E-state index is 0.118. The summed E-state index contributed by atoms with van der Waals surface area (Å²) in [6, 6.07) is 0. The molecule has 0 unspecified atom stereocenters. The Morgan fingerprint density at radius 1 is 1.50 bits per heavy atom. The third-order valence-electron chi connectivity index (χ3n) is 2.25. The Labute approximate surface area is 78.8 Å². The molecule has 0 aromatic carbocycles. The lowest BCUT2D eigenvalue weighted by Gasteiger charge is -2.48. The van der Waals surface area contributed by atoms with E-state index in [1.807, 2.05) is 13.8 Å². The summed E-state index contributed by atoms with van der Waals surface area (Å²) in [4.78, 5) is 1.69. The molecule has 4 heteroatoms. The van der Waals surface area contributed by atoms with Crippen LogP contribution in [-0.2, 0) is 0 Å². The van der Waals surface area contributed by atoms with Crippen LogP contribution in [0.1, 0.15) is 27.2 Å². The van der Waals surface area contributed by atoms with Gasteiger partial charge in [-0.25, -0.2) is 0 Å². The van der Waals surface area contributed by atoms with E-state index in [1.54, 1.807) is 18.9 Å². The van der Waals surface area contributed by atoms with Crippen LogP contribution in [0.5, 0.6) is 0 Å². The highest BCUT2D eigenvalue weighted by atomic mass is 32.1. The summed E-state index contributed by atoms with van der Waals surface area (Å²) in [7, 11) is 1.80. The lowest BCUT2D eigenvalue weighted by molar-refractivity contribution is -0.0768. The van der Waals surface area contributed by atoms with Crippen LogP contribution in [0.15, 0.2) is 0 Å². The fourth-order valence-electron chi connectivity index (χ4n) is 1.59. The minimum atomic E-state index is -0.828. The topological polar surface area (TPSA) is 35.5 Å². The first-order chi connectivity index (χ1) is 5.25. The SMILES string of the molecule is CN1C(=S)NC(C)(C)C[C@]1(C)O. The highest BCUT2D eigenvalue weighted by Crippen LogP contribution is 2.27. The van der Waals surface area contributed by atoms with Crippen molar-refractivity contribution in [2.24, 2.45) is 0 Å². The minimum Gasteiger partial charge on any atom is -0.371 e. The van der Waals surface area contributed by atoms with E-state index in [1.165, 1.54) is 0 Å². The van der Waals surface area contributed by atoms with Gasteiger partial charge >= 0.3 is 0 Å². The summed E-state index contributed by atoms with van der Waals surface area (Å²) in [6.07, 6.45) is 0.663. The molecule has 12 heavy (non-hydrogen) atoms. The molecular formula is C8H16N2OS. The molecule has 1 fully saturated rings. The van der Waals surface area contributed by atoms with E-state index < -0.39 is 5.72 Å². The first-order valence-corrected chi connectivity index (χ1v) is 4.44. The Morgan fingerprint density at radius 2 is 2.00 bits per heavy atom. The van der Waals surface area contributed by atoms with Gasteiger partial charge < -0.3 is 15.3 Å². The average Bonchev–Trinajstić information content (AvgIpc) is 1.79. The third kappa shape index (κ3) is 1.69. The summed E-state index contributed by atoms with van der Waals surface area (Å²) in [5.74, 6) is 0. The molecule has 1 aliphatic rings. The molecule has 0 radical (unpaired) electrons. The van der Waals surface area contributed by atoms with Gasteiger partial charge in [-0.15, -0.1) is 0 Å². The number of nitrogens with one attached hydrogen (secondary N) is 1. The van der Waals surface area contributed by atoms with Crippen molar-refractivity contribution in [2.45, 2.75) is 38.5 Å². The van der Waals surface area contributed by atoms with Gasteiger partial charge in [-0.1, -0.05) is 0 Å². The largest absolute Gasteiger partial charge is 0.371 e. The normalized spacial score (nSPS) is 34.8. The molecule has 2 N–H and O–H groups in total. The average molecular weight is 188 g/mol. The Kier molecular flexibility index (Phi) is 2.08. The van der Waals surface area contributed by atoms with Crippen molar-refractivity contribution in [1.29, 1.82) is 0 Å². The van der Waals surface area contributed by atoms with Crippen molar-refractivity contribution in [3.05, 3.63) is 0 Å². The van der Waals surface area contributed by atoms with Crippen LogP contribution in [0.2, 0.25) is 0 Å². The van der Waals surface area contributed by atoms with Gasteiger partial charge in [0.15, 0.2) is 5.11 Å². The maximum atomic E-state index is 9.95. The molecular weight excluding hydrogens is 172 g/mol. The van der Waals surface area contributed by atoms with E-state index in [4.69, 9.17) is 12.2 Å². The van der Waals surface area contributed by atoms with Gasteiger partial charge in [-0.3, -0.25) is 0 Å². The number of nitrogens with zero attached hydrogens (tertiary/aromatic N) is 1. The fourth-order valence-corrected chi connectivity index (χ4v) is 2.07. The van der Waals surface area contributed by atoms with Gasteiger partial charge in [0.2, 0.25) is 0 Å². The van der Waals surface area contributed by atoms with Crippen LogP contribution in [-0.4, -0.2) is 33.4 Å². The highest BCUT2D eigenvalue weighted by molar-refractivity contribution is 7.80. The van der Waals surface area contributed by atoms with Crippen molar-refractivity contribution < 1.29 is 5.11 Å². The molecule has 1 saturated heterocycles. The lowest BCUT2D eigenvalue weighted by atomic mass is 9.91. The number of aliphatic hydroxyl groups is 1. The summed E-state index contributed by atoms with van der Waals surface area (Å²) in [6.45, 7) is 5.84. The van der Waals surface area contributed by atoms with Crippen LogP contribution in [0, 0.1) is 0 Å². The second-order valence-electron chi connectivity index (χ2n) is 4.27. The van der Waals surface area contributed by atoms with Crippen molar-refractivity contribution in [3.8, 4) is 0 Å². The number of hydrogen-bond donors (Lipinski definition) is 2. The van der Waals surface area contributed by atoms with Crippen LogP contribution in [0.3, 0.4) is 0 Å². The zero-order chi connectivity index (χ0) is 9.57. The standard InChI is InChI=1S/C8H16N2OS/c1-7(2)5-8(3,11)10(4)6(12)9-7/h11H,5H2,1-4H3,(H,9,12)/t8-/m0/s1. The van der Waals surface area contributed by atoms with Gasteiger partial charge in [0.25, 0.3) is 0 Å². The molecule has 70 valence electrons. The van der Waals surface area contributed by atoms with Crippen molar-refractivity contribution in [3.63, 3.8) is 0 Å². The lowest BCUT2D eigenvalue weighted by Crippen LogP contribution is -2.65. The quantitative estimate of drug-likeness (QED) is 0.548. The predicted octanol–water partition coefficient (Wildman–Crippen LogP) is 0.683. The van der Waals surface area contributed by atoms with E-state index in [9.17, 15) is 5.11 Å². The van der Waals surface area contributed by atoms with Gasteiger partial charge in [-0.05, 0) is 33.0 Å². The molecule has 1 rings (SSSR count). The van der Waals surface area contributed by atoms with Crippen LogP contribution < -0.4 is 5.32 Å². The van der Waals surface area contributed by atoms with E-state index in [0.29, 0.717) is 11.5 Å². The second kappa shape index (κ2) is 2.57. The molecule has 0 amide bonds. The molecule has 0 saturated carbocycles. The van der Waals surface area contributed by atoms with E-state index >= 15 is 0 Å². The van der Waals surface area contributed by atoms with Crippen LogP contribution in [0.4, 0.5) is 0 Å². The Bertz CT molecular complexity index is 213. The molecule has 0 aliphatic carbocycles. The molecule has 0 bridgehead atoms. The van der Waals surface area contributed by atoms with Gasteiger partial charge in [0, 0.05) is 19.0 Å². The van der Waals surface area contributed by atoms with Crippen molar-refractivity contribution in [1.82, 2.24) is 10.2 Å². The Balaban J connectivity index is 2.87. The molecule has 3 nitrogen and oxygen atoms in total. The first-order valence-electron chi connectivity index (χ1n) is 4.03. The van der Waals surface area contributed by atoms with Gasteiger partial charge in [-0.2, -0.15) is 0 Å². The maximum absolute atomic E-state index is 9.95. The number of thiocarbonyl (C=S) groups is 1. The van der Waals surface area contributed by atoms with Crippen LogP contribution >= 0.6 is 12.2 Å². The molecule has 1 aliphatic heterocycles. The van der Waals surface area contributed by atoms with Gasteiger partial charge in [0.05, 0.1) is 0 Å². The first kappa shape index (κ1) is 9.74. The number of hydrogen-bond acceptors (Lipinski definition) is 2. The Hall–Kier alpha value is -0.350. The number of rotatable bonds is 0. The summed E-state index contributed by atoms with van der Waals surface area (Å²) in [5.41, 5.74) is -0.946. The monoisotopic (exact) mass is 188 g/mol. The molecule has 0 aromatic heterocycles. The highest BCUT2D eigenvalue weighted by Gasteiger charge is 2.40. The Morgan fingerprint density at radius 3 is 2.42 bits per heavy atom. The van der Waals surface area contributed by atoms with Crippen molar-refractivity contribution in [2.75, 3.05) is 7.05 Å². The molecule has 0 spiro atoms. The molecule has 1 heterocycles. The summed E-state index contributed by atoms with van der Waals surface area (Å²) < 4.78 is 0. The third-order valence-corrected chi connectivity index (χ3v) is 2.63. The predicted molar refractivity (Wildman–Crippen MR) is 52.8 cm³/mol.